The Hall–Kier alpha value is -1.66. The molecule has 5 nitrogen and oxygen atoms in total. The van der Waals surface area contributed by atoms with E-state index in [1.807, 2.05) is 18.2 Å². The highest BCUT2D eigenvalue weighted by molar-refractivity contribution is 9.10. The number of rotatable bonds is 3. The molecule has 0 atom stereocenters. The van der Waals surface area contributed by atoms with Gasteiger partial charge in [0.1, 0.15) is 18.0 Å². The molecule has 0 spiro atoms. The topological polar surface area (TPSA) is 44.3 Å². The summed E-state index contributed by atoms with van der Waals surface area (Å²) in [7, 11) is 2.15. The number of piperazine rings is 1. The monoisotopic (exact) mass is 361 g/mol. The highest BCUT2D eigenvalue weighted by Gasteiger charge is 2.15. The summed E-state index contributed by atoms with van der Waals surface area (Å²) in [6.07, 6.45) is 1.63. The molecule has 1 aliphatic rings. The molecule has 0 bridgehead atoms. The minimum Gasteiger partial charge on any atom is -0.354 e. The Labute approximate surface area is 139 Å². The van der Waals surface area contributed by atoms with Crippen molar-refractivity contribution in [2.75, 3.05) is 43.4 Å². The van der Waals surface area contributed by atoms with Gasteiger partial charge in [0.05, 0.1) is 0 Å². The van der Waals surface area contributed by atoms with Crippen LogP contribution in [-0.2, 0) is 0 Å². The van der Waals surface area contributed by atoms with Crippen molar-refractivity contribution in [1.29, 1.82) is 0 Å². The van der Waals surface area contributed by atoms with E-state index in [-0.39, 0.29) is 0 Å². The highest BCUT2D eigenvalue weighted by atomic mass is 79.9. The number of nitrogens with zero attached hydrogens (tertiary/aromatic N) is 4. The standard InChI is InChI=1S/C16H20BrN5/c1-12-9-13(3-4-14(12)17)20-15-10-16(19-11-18-15)22-7-5-21(2)6-8-22/h3-4,9-11H,5-8H2,1-2H3,(H,18,19,20). The largest absolute Gasteiger partial charge is 0.354 e. The molecule has 1 saturated heterocycles. The Balaban J connectivity index is 1.74. The fourth-order valence-corrected chi connectivity index (χ4v) is 2.74. The minimum absolute atomic E-state index is 0.825. The van der Waals surface area contributed by atoms with Gasteiger partial charge in [-0.15, -0.1) is 0 Å². The van der Waals surface area contributed by atoms with E-state index in [0.29, 0.717) is 0 Å². The Morgan fingerprint density at radius 2 is 1.86 bits per heavy atom. The molecule has 0 unspecified atom stereocenters. The summed E-state index contributed by atoms with van der Waals surface area (Å²) in [5.74, 6) is 1.81. The van der Waals surface area contributed by atoms with E-state index < -0.39 is 0 Å². The lowest BCUT2D eigenvalue weighted by molar-refractivity contribution is 0.312. The van der Waals surface area contributed by atoms with Crippen LogP contribution in [0.3, 0.4) is 0 Å². The van der Waals surface area contributed by atoms with Gasteiger partial charge in [0.2, 0.25) is 0 Å². The molecular weight excluding hydrogens is 342 g/mol. The molecular formula is C16H20BrN5. The Bertz CT molecular complexity index is 653. The molecule has 1 fully saturated rings. The Kier molecular flexibility index (Phi) is 4.59. The van der Waals surface area contributed by atoms with Gasteiger partial charge in [0, 0.05) is 42.4 Å². The van der Waals surface area contributed by atoms with Crippen molar-refractivity contribution in [2.24, 2.45) is 0 Å². The second kappa shape index (κ2) is 6.62. The summed E-state index contributed by atoms with van der Waals surface area (Å²) in [4.78, 5) is 13.4. The van der Waals surface area contributed by atoms with Crippen molar-refractivity contribution >= 4 is 33.3 Å². The summed E-state index contributed by atoms with van der Waals surface area (Å²) in [6, 6.07) is 8.19. The van der Waals surface area contributed by atoms with Crippen LogP contribution in [0.15, 0.2) is 35.1 Å². The van der Waals surface area contributed by atoms with Crippen LogP contribution in [0.1, 0.15) is 5.56 Å². The van der Waals surface area contributed by atoms with Crippen LogP contribution in [0.25, 0.3) is 0 Å². The molecule has 1 aromatic heterocycles. The summed E-state index contributed by atoms with van der Waals surface area (Å²) >= 11 is 3.52. The molecule has 1 aromatic carbocycles. The lowest BCUT2D eigenvalue weighted by atomic mass is 10.2. The maximum atomic E-state index is 4.41. The maximum Gasteiger partial charge on any atom is 0.135 e. The molecule has 6 heteroatoms. The van der Waals surface area contributed by atoms with Crippen molar-refractivity contribution < 1.29 is 0 Å². The predicted octanol–water partition coefficient (Wildman–Crippen LogP) is 3.04. The van der Waals surface area contributed by atoms with E-state index in [4.69, 9.17) is 0 Å². The number of hydrogen-bond donors (Lipinski definition) is 1. The van der Waals surface area contributed by atoms with Gasteiger partial charge in [-0.3, -0.25) is 0 Å². The minimum atomic E-state index is 0.825. The average Bonchev–Trinajstić information content (AvgIpc) is 2.52. The molecule has 3 rings (SSSR count). The maximum absolute atomic E-state index is 4.41. The zero-order valence-electron chi connectivity index (χ0n) is 12.9. The number of benzene rings is 1. The Morgan fingerprint density at radius 1 is 1.09 bits per heavy atom. The highest BCUT2D eigenvalue weighted by Crippen LogP contribution is 2.23. The smallest absolute Gasteiger partial charge is 0.135 e. The van der Waals surface area contributed by atoms with E-state index in [9.17, 15) is 0 Å². The van der Waals surface area contributed by atoms with Gasteiger partial charge in [-0.1, -0.05) is 15.9 Å². The fourth-order valence-electron chi connectivity index (χ4n) is 2.49. The van der Waals surface area contributed by atoms with E-state index in [2.05, 4.69) is 61.1 Å². The van der Waals surface area contributed by atoms with E-state index in [1.165, 1.54) is 5.56 Å². The second-order valence-corrected chi connectivity index (χ2v) is 6.50. The molecule has 22 heavy (non-hydrogen) atoms. The third-order valence-corrected chi connectivity index (χ3v) is 4.80. The van der Waals surface area contributed by atoms with Gasteiger partial charge >= 0.3 is 0 Å². The van der Waals surface area contributed by atoms with Crippen LogP contribution in [0.2, 0.25) is 0 Å². The number of nitrogens with one attached hydrogen (secondary N) is 1. The van der Waals surface area contributed by atoms with Gasteiger partial charge < -0.3 is 15.1 Å². The number of halogens is 1. The van der Waals surface area contributed by atoms with Crippen molar-refractivity contribution in [1.82, 2.24) is 14.9 Å². The molecule has 116 valence electrons. The number of anilines is 3. The number of likely N-dealkylation sites (N-methyl/N-ethyl adjacent to an activating group) is 1. The van der Waals surface area contributed by atoms with Gasteiger partial charge in [0.25, 0.3) is 0 Å². The molecule has 2 aromatic rings. The molecule has 0 radical (unpaired) electrons. The Morgan fingerprint density at radius 3 is 2.59 bits per heavy atom. The van der Waals surface area contributed by atoms with Gasteiger partial charge in [-0.05, 0) is 37.7 Å². The summed E-state index contributed by atoms with van der Waals surface area (Å²) in [5.41, 5.74) is 2.22. The first-order valence-electron chi connectivity index (χ1n) is 7.40. The fraction of sp³-hybridized carbons (Fsp3) is 0.375. The quantitative estimate of drug-likeness (QED) is 0.909. The van der Waals surface area contributed by atoms with Crippen LogP contribution in [-0.4, -0.2) is 48.1 Å². The van der Waals surface area contributed by atoms with Crippen LogP contribution >= 0.6 is 15.9 Å². The van der Waals surface area contributed by atoms with E-state index >= 15 is 0 Å². The van der Waals surface area contributed by atoms with Gasteiger partial charge in [0.15, 0.2) is 0 Å². The molecule has 2 heterocycles. The summed E-state index contributed by atoms with van der Waals surface area (Å²) in [6.45, 7) is 6.22. The van der Waals surface area contributed by atoms with Crippen molar-refractivity contribution in [3.63, 3.8) is 0 Å². The van der Waals surface area contributed by atoms with Gasteiger partial charge in [-0.2, -0.15) is 0 Å². The normalized spacial score (nSPS) is 15.9. The summed E-state index contributed by atoms with van der Waals surface area (Å²) < 4.78 is 1.11. The first-order valence-corrected chi connectivity index (χ1v) is 8.20. The molecule has 0 saturated carbocycles. The van der Waals surface area contributed by atoms with E-state index in [0.717, 1.165) is 48.0 Å². The average molecular weight is 362 g/mol. The predicted molar refractivity (Wildman–Crippen MR) is 93.9 cm³/mol. The van der Waals surface area contributed by atoms with Crippen LogP contribution in [0.5, 0.6) is 0 Å². The molecule has 0 aliphatic carbocycles. The van der Waals surface area contributed by atoms with Gasteiger partial charge in [-0.25, -0.2) is 9.97 Å². The zero-order chi connectivity index (χ0) is 15.5. The molecule has 1 aliphatic heterocycles. The second-order valence-electron chi connectivity index (χ2n) is 5.64. The van der Waals surface area contributed by atoms with Crippen molar-refractivity contribution in [2.45, 2.75) is 6.92 Å². The lowest BCUT2D eigenvalue weighted by Crippen LogP contribution is -2.44. The van der Waals surface area contributed by atoms with Crippen LogP contribution in [0.4, 0.5) is 17.3 Å². The van der Waals surface area contributed by atoms with Crippen molar-refractivity contribution in [3.05, 3.63) is 40.6 Å². The lowest BCUT2D eigenvalue weighted by Gasteiger charge is -2.33. The molecule has 0 amide bonds. The number of aromatic nitrogens is 2. The van der Waals surface area contributed by atoms with E-state index in [1.54, 1.807) is 6.33 Å². The third kappa shape index (κ3) is 3.56. The summed E-state index contributed by atoms with van der Waals surface area (Å²) in [5, 5.41) is 3.35. The zero-order valence-corrected chi connectivity index (χ0v) is 14.5. The van der Waals surface area contributed by atoms with Crippen molar-refractivity contribution in [3.8, 4) is 0 Å². The number of hydrogen-bond acceptors (Lipinski definition) is 5. The first kappa shape index (κ1) is 15.2. The van der Waals surface area contributed by atoms with Crippen LogP contribution in [0, 0.1) is 6.92 Å². The SMILES string of the molecule is Cc1cc(Nc2cc(N3CCN(C)CC3)ncn2)ccc1Br. The van der Waals surface area contributed by atoms with Crippen LogP contribution < -0.4 is 10.2 Å². The third-order valence-electron chi connectivity index (χ3n) is 3.91. The first-order chi connectivity index (χ1) is 10.6. The number of aryl methyl sites for hydroxylation is 1. The molecule has 1 N–H and O–H groups in total.